The lowest BCUT2D eigenvalue weighted by Gasteiger charge is -2.11. The van der Waals surface area contributed by atoms with Crippen molar-refractivity contribution in [2.24, 2.45) is 10.9 Å². The van der Waals surface area contributed by atoms with E-state index in [1.165, 1.54) is 33.7 Å². The van der Waals surface area contributed by atoms with Gasteiger partial charge in [-0.1, -0.05) is 67.0 Å². The summed E-state index contributed by atoms with van der Waals surface area (Å²) in [7, 11) is 0. The van der Waals surface area contributed by atoms with E-state index in [2.05, 4.69) is 72.5 Å². The molecule has 1 aromatic heterocycles. The summed E-state index contributed by atoms with van der Waals surface area (Å²) in [5, 5.41) is 3.55. The number of hydrogen-bond donors (Lipinski definition) is 1. The summed E-state index contributed by atoms with van der Waals surface area (Å²) in [5.74, 6) is 2.08. The molecule has 1 aromatic rings. The number of amidine groups is 1. The summed E-state index contributed by atoms with van der Waals surface area (Å²) in [4.78, 5) is 7.57. The van der Waals surface area contributed by atoms with Crippen molar-refractivity contribution < 1.29 is 4.74 Å². The first-order valence-electron chi connectivity index (χ1n) is 12.4. The summed E-state index contributed by atoms with van der Waals surface area (Å²) >= 11 is 1.87. The van der Waals surface area contributed by atoms with E-state index in [0.29, 0.717) is 18.2 Å². The molecule has 0 spiro atoms. The van der Waals surface area contributed by atoms with Crippen molar-refractivity contribution in [3.8, 4) is 0 Å². The van der Waals surface area contributed by atoms with Crippen LogP contribution in [0.1, 0.15) is 101 Å². The van der Waals surface area contributed by atoms with Crippen LogP contribution in [0, 0.1) is 19.8 Å². The lowest BCUT2D eigenvalue weighted by atomic mass is 10.1. The maximum Gasteiger partial charge on any atom is 0.143 e. The highest BCUT2D eigenvalue weighted by Gasteiger charge is 2.16. The second-order valence-corrected chi connectivity index (χ2v) is 9.15. The highest BCUT2D eigenvalue weighted by atomic mass is 32.1. The van der Waals surface area contributed by atoms with Gasteiger partial charge in [0.25, 0.3) is 0 Å². The minimum absolute atomic E-state index is 0.439. The van der Waals surface area contributed by atoms with Gasteiger partial charge in [-0.3, -0.25) is 4.99 Å². The normalized spacial score (nSPS) is 13.0. The molecular weight excluding hydrogens is 412 g/mol. The molecule has 1 unspecified atom stereocenters. The van der Waals surface area contributed by atoms with Gasteiger partial charge >= 0.3 is 0 Å². The minimum Gasteiger partial charge on any atom is -0.468 e. The molecule has 0 fully saturated rings. The molecule has 1 rings (SSSR count). The monoisotopic (exact) mass is 460 g/mol. The highest BCUT2D eigenvalue weighted by Crippen LogP contribution is 2.29. The van der Waals surface area contributed by atoms with Crippen molar-refractivity contribution in [2.75, 3.05) is 6.54 Å². The van der Waals surface area contributed by atoms with Gasteiger partial charge in [0.2, 0.25) is 0 Å². The van der Waals surface area contributed by atoms with Crippen LogP contribution in [0.5, 0.6) is 0 Å². The Labute approximate surface area is 202 Å². The smallest absolute Gasteiger partial charge is 0.143 e. The zero-order chi connectivity index (χ0) is 24.5. The number of aliphatic imine (C=N–C) groups is 1. The van der Waals surface area contributed by atoms with Crippen LogP contribution in [0.25, 0.3) is 0 Å². The van der Waals surface area contributed by atoms with Crippen molar-refractivity contribution >= 4 is 17.2 Å². The largest absolute Gasteiger partial charge is 0.468 e. The fraction of sp³-hybridized carbons (Fsp3) is 0.607. The maximum atomic E-state index is 5.66. The van der Waals surface area contributed by atoms with Gasteiger partial charge < -0.3 is 10.1 Å². The third-order valence-electron chi connectivity index (χ3n) is 5.27. The molecule has 182 valence electrons. The van der Waals surface area contributed by atoms with E-state index in [1.807, 2.05) is 25.2 Å². The van der Waals surface area contributed by atoms with E-state index < -0.39 is 0 Å². The molecule has 32 heavy (non-hydrogen) atoms. The zero-order valence-electron chi connectivity index (χ0n) is 22.2. The standard InChI is InChI=1S/C26H42N2OS.C2H6/c1-9-12-14-20(5)28-26(27-18-21(6)29-17-16-19(4)11-3)25-23(8)22(7)24(30-25)15-13-10-2;1-2/h14,16-17,19H,6,9-13,15,18H2,1-5,7-8H3,(H,27,28);1-2H3/b17-16-,20-14+;. The van der Waals surface area contributed by atoms with Crippen LogP contribution < -0.4 is 5.32 Å². The predicted molar refractivity (Wildman–Crippen MR) is 146 cm³/mol. The van der Waals surface area contributed by atoms with Gasteiger partial charge in [0.15, 0.2) is 0 Å². The van der Waals surface area contributed by atoms with E-state index in [4.69, 9.17) is 9.73 Å². The Morgan fingerprint density at radius 2 is 1.84 bits per heavy atom. The van der Waals surface area contributed by atoms with Crippen LogP contribution in [-0.4, -0.2) is 12.4 Å². The summed E-state index contributed by atoms with van der Waals surface area (Å²) in [6.45, 7) is 23.8. The molecule has 0 radical (unpaired) electrons. The number of aryl methyl sites for hydroxylation is 1. The number of nitrogens with zero attached hydrogens (tertiary/aromatic N) is 1. The summed E-state index contributed by atoms with van der Waals surface area (Å²) in [6, 6.07) is 0. The topological polar surface area (TPSA) is 33.6 Å². The molecule has 1 heterocycles. The molecule has 1 N–H and O–H groups in total. The van der Waals surface area contributed by atoms with Gasteiger partial charge in [-0.05, 0) is 69.6 Å². The second kappa shape index (κ2) is 17.7. The number of rotatable bonds is 13. The third-order valence-corrected chi connectivity index (χ3v) is 6.73. The zero-order valence-corrected chi connectivity index (χ0v) is 23.0. The first kappa shape index (κ1) is 30.2. The Bertz CT molecular complexity index is 756. The third kappa shape index (κ3) is 11.2. The molecule has 0 amide bonds. The van der Waals surface area contributed by atoms with Crippen LogP contribution in [0.2, 0.25) is 0 Å². The van der Waals surface area contributed by atoms with Gasteiger partial charge in [0, 0.05) is 10.6 Å². The number of thiophene rings is 1. The van der Waals surface area contributed by atoms with E-state index >= 15 is 0 Å². The molecule has 0 saturated heterocycles. The Morgan fingerprint density at radius 3 is 2.44 bits per heavy atom. The van der Waals surface area contributed by atoms with E-state index in [0.717, 1.165) is 37.2 Å². The Kier molecular flexibility index (Phi) is 16.7. The highest BCUT2D eigenvalue weighted by molar-refractivity contribution is 7.14. The van der Waals surface area contributed by atoms with E-state index in [9.17, 15) is 0 Å². The van der Waals surface area contributed by atoms with Crippen molar-refractivity contribution in [3.05, 3.63) is 57.3 Å². The quantitative estimate of drug-likeness (QED) is 0.181. The Morgan fingerprint density at radius 1 is 1.16 bits per heavy atom. The number of nitrogens with one attached hydrogen (secondary N) is 1. The summed E-state index contributed by atoms with van der Waals surface area (Å²) in [6.07, 6.45) is 12.9. The Hall–Kier alpha value is -1.81. The van der Waals surface area contributed by atoms with Crippen LogP contribution in [-0.2, 0) is 11.2 Å². The second-order valence-electron chi connectivity index (χ2n) is 8.04. The Balaban J connectivity index is 0.00000466. The molecule has 0 aliphatic heterocycles. The predicted octanol–water partition coefficient (Wildman–Crippen LogP) is 8.86. The van der Waals surface area contributed by atoms with Gasteiger partial charge in [-0.15, -0.1) is 11.3 Å². The molecule has 0 aromatic carbocycles. The average Bonchev–Trinajstić information content (AvgIpc) is 3.08. The molecular formula is C28H48N2OS. The maximum absolute atomic E-state index is 5.66. The first-order chi connectivity index (χ1) is 15.3. The summed E-state index contributed by atoms with van der Waals surface area (Å²) < 4.78 is 5.66. The average molecular weight is 461 g/mol. The van der Waals surface area contributed by atoms with Crippen molar-refractivity contribution in [2.45, 2.75) is 101 Å². The number of unbranched alkanes of at least 4 members (excludes halogenated alkanes) is 2. The van der Waals surface area contributed by atoms with Crippen LogP contribution in [0.4, 0.5) is 0 Å². The van der Waals surface area contributed by atoms with Gasteiger partial charge in [-0.2, -0.15) is 0 Å². The van der Waals surface area contributed by atoms with Crippen molar-refractivity contribution in [1.29, 1.82) is 0 Å². The molecule has 1 atom stereocenters. The molecule has 0 aliphatic rings. The van der Waals surface area contributed by atoms with E-state index in [-0.39, 0.29) is 0 Å². The van der Waals surface area contributed by atoms with Gasteiger partial charge in [-0.25, -0.2) is 0 Å². The summed E-state index contributed by atoms with van der Waals surface area (Å²) in [5.41, 5.74) is 3.86. The van der Waals surface area contributed by atoms with Crippen LogP contribution in [0.15, 0.2) is 41.4 Å². The van der Waals surface area contributed by atoms with E-state index in [1.54, 1.807) is 6.26 Å². The number of allylic oxidation sites excluding steroid dienone is 3. The van der Waals surface area contributed by atoms with Crippen LogP contribution >= 0.6 is 11.3 Å². The molecule has 3 nitrogen and oxygen atoms in total. The molecule has 0 bridgehead atoms. The van der Waals surface area contributed by atoms with Gasteiger partial charge in [0.1, 0.15) is 11.6 Å². The molecule has 0 aliphatic carbocycles. The fourth-order valence-corrected chi connectivity index (χ4v) is 4.15. The number of ether oxygens (including phenoxy) is 1. The number of hydrogen-bond acceptors (Lipinski definition) is 3. The first-order valence-corrected chi connectivity index (χ1v) is 13.2. The molecule has 4 heteroatoms. The minimum atomic E-state index is 0.439. The van der Waals surface area contributed by atoms with Crippen LogP contribution in [0.3, 0.4) is 0 Å². The SMILES string of the molecule is C=C(CN=C(N/C(C)=C/CCC)c1sc(CCCC)c(C)c1C)O/C=C\C(C)CC.CC. The molecule has 0 saturated carbocycles. The van der Waals surface area contributed by atoms with Gasteiger partial charge in [0.05, 0.1) is 17.7 Å². The van der Waals surface area contributed by atoms with Crippen molar-refractivity contribution in [3.63, 3.8) is 0 Å². The lowest BCUT2D eigenvalue weighted by Crippen LogP contribution is -2.23. The fourth-order valence-electron chi connectivity index (χ4n) is 2.83. The lowest BCUT2D eigenvalue weighted by molar-refractivity contribution is 0.343. The van der Waals surface area contributed by atoms with Crippen molar-refractivity contribution in [1.82, 2.24) is 5.32 Å².